The second-order valence-corrected chi connectivity index (χ2v) is 6.32. The van der Waals surface area contributed by atoms with Crippen LogP contribution in [0.3, 0.4) is 0 Å². The van der Waals surface area contributed by atoms with Crippen LogP contribution in [-0.2, 0) is 4.79 Å². The van der Waals surface area contributed by atoms with Crippen molar-refractivity contribution in [3.8, 4) is 11.5 Å². The van der Waals surface area contributed by atoms with Crippen molar-refractivity contribution in [1.29, 1.82) is 0 Å². The number of hydrazine groups is 1. The Labute approximate surface area is 152 Å². The molecule has 142 valence electrons. The SMILES string of the molecule is O=C(Nc1ccc(OC(F)(F)F)cc1)C1NNC2c3ccccc3OCC12. The summed E-state index contributed by atoms with van der Waals surface area (Å²) in [5, 5.41) is 2.70. The largest absolute Gasteiger partial charge is 0.573 e. The molecule has 6 nitrogen and oxygen atoms in total. The Kier molecular flexibility index (Phi) is 4.40. The topological polar surface area (TPSA) is 71.6 Å². The van der Waals surface area contributed by atoms with Gasteiger partial charge in [-0.3, -0.25) is 4.79 Å². The third kappa shape index (κ3) is 3.69. The van der Waals surface area contributed by atoms with E-state index in [2.05, 4.69) is 20.9 Å². The minimum absolute atomic E-state index is 0.0618. The van der Waals surface area contributed by atoms with Gasteiger partial charge in [0.05, 0.1) is 12.6 Å². The third-order valence-corrected chi connectivity index (χ3v) is 4.57. The molecule has 1 saturated heterocycles. The highest BCUT2D eigenvalue weighted by Gasteiger charge is 2.44. The number of halogens is 3. The maximum atomic E-state index is 12.6. The number of fused-ring (bicyclic) bond motifs is 3. The number of hydrogen-bond donors (Lipinski definition) is 3. The van der Waals surface area contributed by atoms with Gasteiger partial charge in [0.15, 0.2) is 0 Å². The summed E-state index contributed by atoms with van der Waals surface area (Å²) in [5.74, 6) is 0.0167. The second kappa shape index (κ2) is 6.75. The zero-order valence-corrected chi connectivity index (χ0v) is 13.9. The summed E-state index contributed by atoms with van der Waals surface area (Å²) in [6.45, 7) is 0.373. The van der Waals surface area contributed by atoms with E-state index in [4.69, 9.17) is 4.74 Å². The van der Waals surface area contributed by atoms with Gasteiger partial charge in [-0.2, -0.15) is 0 Å². The molecule has 3 N–H and O–H groups in total. The number of alkyl halides is 3. The second-order valence-electron chi connectivity index (χ2n) is 6.32. The van der Waals surface area contributed by atoms with Crippen molar-refractivity contribution < 1.29 is 27.4 Å². The molecule has 27 heavy (non-hydrogen) atoms. The Hall–Kier alpha value is -2.78. The summed E-state index contributed by atoms with van der Waals surface area (Å²) in [6, 6.07) is 12.0. The number of amides is 1. The lowest BCUT2D eigenvalue weighted by Crippen LogP contribution is -2.43. The summed E-state index contributed by atoms with van der Waals surface area (Å²) in [7, 11) is 0. The summed E-state index contributed by atoms with van der Waals surface area (Å²) in [4.78, 5) is 12.6. The van der Waals surface area contributed by atoms with Crippen LogP contribution in [-0.4, -0.2) is 24.9 Å². The molecule has 2 aliphatic rings. The number of anilines is 1. The van der Waals surface area contributed by atoms with Crippen molar-refractivity contribution >= 4 is 11.6 Å². The van der Waals surface area contributed by atoms with E-state index in [0.717, 1.165) is 23.4 Å². The van der Waals surface area contributed by atoms with Gasteiger partial charge in [-0.25, -0.2) is 10.9 Å². The molecule has 2 aromatic rings. The fourth-order valence-corrected chi connectivity index (χ4v) is 3.36. The number of nitrogens with one attached hydrogen (secondary N) is 3. The Balaban J connectivity index is 1.42. The normalized spacial score (nSPS) is 23.7. The summed E-state index contributed by atoms with van der Waals surface area (Å²) in [6.07, 6.45) is -4.75. The first-order valence-corrected chi connectivity index (χ1v) is 8.30. The van der Waals surface area contributed by atoms with Crippen LogP contribution in [0.5, 0.6) is 11.5 Å². The lowest BCUT2D eigenvalue weighted by atomic mass is 9.87. The molecule has 0 bridgehead atoms. The van der Waals surface area contributed by atoms with E-state index in [1.54, 1.807) is 0 Å². The minimum Gasteiger partial charge on any atom is -0.493 e. The first kappa shape index (κ1) is 17.6. The highest BCUT2D eigenvalue weighted by atomic mass is 19.4. The number of carbonyl (C=O) groups is 1. The molecule has 4 rings (SSSR count). The van der Waals surface area contributed by atoms with E-state index in [0.29, 0.717) is 12.3 Å². The van der Waals surface area contributed by atoms with Crippen molar-refractivity contribution in [2.24, 2.45) is 5.92 Å². The van der Waals surface area contributed by atoms with E-state index in [9.17, 15) is 18.0 Å². The molecular weight excluding hydrogens is 363 g/mol. The lowest BCUT2D eigenvalue weighted by Gasteiger charge is -2.29. The molecule has 3 unspecified atom stereocenters. The summed E-state index contributed by atoms with van der Waals surface area (Å²) >= 11 is 0. The molecule has 0 radical (unpaired) electrons. The van der Waals surface area contributed by atoms with Gasteiger partial charge < -0.3 is 14.8 Å². The Morgan fingerprint density at radius 2 is 1.85 bits per heavy atom. The van der Waals surface area contributed by atoms with Crippen molar-refractivity contribution in [3.05, 3.63) is 54.1 Å². The number of carbonyl (C=O) groups excluding carboxylic acids is 1. The van der Waals surface area contributed by atoms with Crippen LogP contribution in [0.2, 0.25) is 0 Å². The van der Waals surface area contributed by atoms with Gasteiger partial charge in [-0.1, -0.05) is 18.2 Å². The highest BCUT2D eigenvalue weighted by molar-refractivity contribution is 5.95. The molecular formula is C18H16F3N3O3. The van der Waals surface area contributed by atoms with Crippen molar-refractivity contribution in [2.75, 3.05) is 11.9 Å². The Morgan fingerprint density at radius 1 is 1.11 bits per heavy atom. The monoisotopic (exact) mass is 379 g/mol. The molecule has 1 amide bonds. The van der Waals surface area contributed by atoms with Gasteiger partial charge in [-0.15, -0.1) is 13.2 Å². The maximum Gasteiger partial charge on any atom is 0.573 e. The predicted molar refractivity (Wildman–Crippen MR) is 90.0 cm³/mol. The van der Waals surface area contributed by atoms with Gasteiger partial charge in [0.1, 0.15) is 17.5 Å². The van der Waals surface area contributed by atoms with Crippen molar-refractivity contribution in [1.82, 2.24) is 10.9 Å². The number of para-hydroxylation sites is 1. The average Bonchev–Trinajstić information content (AvgIpc) is 3.07. The average molecular weight is 379 g/mol. The predicted octanol–water partition coefficient (Wildman–Crippen LogP) is 2.75. The van der Waals surface area contributed by atoms with Crippen LogP contribution >= 0.6 is 0 Å². The van der Waals surface area contributed by atoms with Crippen molar-refractivity contribution in [2.45, 2.75) is 18.4 Å². The van der Waals surface area contributed by atoms with E-state index in [1.165, 1.54) is 12.1 Å². The van der Waals surface area contributed by atoms with Gasteiger partial charge in [-0.05, 0) is 30.3 Å². The molecule has 0 saturated carbocycles. The standard InChI is InChI=1S/C18H16F3N3O3/c19-18(20,21)27-11-7-5-10(6-8-11)22-17(25)16-13-9-26-14-4-2-1-3-12(14)15(13)23-24-16/h1-8,13,15-16,23-24H,9H2,(H,22,25). The molecule has 2 heterocycles. The zero-order chi connectivity index (χ0) is 19.0. The first-order chi connectivity index (χ1) is 12.9. The smallest absolute Gasteiger partial charge is 0.493 e. The molecule has 3 atom stereocenters. The quantitative estimate of drug-likeness (QED) is 0.765. The lowest BCUT2D eigenvalue weighted by molar-refractivity contribution is -0.274. The van der Waals surface area contributed by atoms with E-state index >= 15 is 0 Å². The molecule has 2 aromatic carbocycles. The van der Waals surface area contributed by atoms with Gasteiger partial charge in [0, 0.05) is 17.2 Å². The van der Waals surface area contributed by atoms with Crippen LogP contribution < -0.4 is 25.6 Å². The molecule has 2 aliphatic heterocycles. The minimum atomic E-state index is -4.75. The number of benzene rings is 2. The molecule has 0 aliphatic carbocycles. The molecule has 1 fully saturated rings. The van der Waals surface area contributed by atoms with Crippen LogP contribution in [0.25, 0.3) is 0 Å². The van der Waals surface area contributed by atoms with Gasteiger partial charge in [0.25, 0.3) is 0 Å². The fraction of sp³-hybridized carbons (Fsp3) is 0.278. The first-order valence-electron chi connectivity index (χ1n) is 8.30. The highest BCUT2D eigenvalue weighted by Crippen LogP contribution is 2.39. The number of hydrogen-bond acceptors (Lipinski definition) is 5. The number of rotatable bonds is 3. The number of ether oxygens (including phenoxy) is 2. The van der Waals surface area contributed by atoms with Gasteiger partial charge >= 0.3 is 6.36 Å². The molecule has 0 aromatic heterocycles. The zero-order valence-electron chi connectivity index (χ0n) is 13.9. The Morgan fingerprint density at radius 3 is 2.59 bits per heavy atom. The fourth-order valence-electron chi connectivity index (χ4n) is 3.36. The third-order valence-electron chi connectivity index (χ3n) is 4.57. The van der Waals surface area contributed by atoms with Crippen LogP contribution in [0.1, 0.15) is 11.6 Å². The van der Waals surface area contributed by atoms with E-state index in [-0.39, 0.29) is 23.6 Å². The maximum absolute atomic E-state index is 12.6. The van der Waals surface area contributed by atoms with Crippen LogP contribution in [0.4, 0.5) is 18.9 Å². The summed E-state index contributed by atoms with van der Waals surface area (Å²) < 4.78 is 46.2. The molecule has 9 heteroatoms. The van der Waals surface area contributed by atoms with E-state index in [1.807, 2.05) is 24.3 Å². The summed E-state index contributed by atoms with van der Waals surface area (Å²) in [5.41, 5.74) is 7.47. The van der Waals surface area contributed by atoms with Crippen LogP contribution in [0.15, 0.2) is 48.5 Å². The van der Waals surface area contributed by atoms with Gasteiger partial charge in [0.2, 0.25) is 5.91 Å². The van der Waals surface area contributed by atoms with Crippen LogP contribution in [0, 0.1) is 5.92 Å². The molecule has 0 spiro atoms. The Bertz CT molecular complexity index is 842. The van der Waals surface area contributed by atoms with E-state index < -0.39 is 12.4 Å². The van der Waals surface area contributed by atoms with Crippen molar-refractivity contribution in [3.63, 3.8) is 0 Å².